The summed E-state index contributed by atoms with van der Waals surface area (Å²) < 4.78 is 0. The van der Waals surface area contributed by atoms with Crippen LogP contribution in [-0.2, 0) is 4.79 Å². The lowest BCUT2D eigenvalue weighted by molar-refractivity contribution is -0.104. The van der Waals surface area contributed by atoms with Crippen molar-refractivity contribution < 1.29 is 4.79 Å². The quantitative estimate of drug-likeness (QED) is 0.234. The van der Waals surface area contributed by atoms with E-state index in [1.54, 1.807) is 0 Å². The number of allylic oxidation sites excluding steroid dienone is 3. The van der Waals surface area contributed by atoms with Gasteiger partial charge in [0.05, 0.1) is 0 Å². The van der Waals surface area contributed by atoms with Gasteiger partial charge in [-0.1, -0.05) is 58.6 Å². The van der Waals surface area contributed by atoms with Gasteiger partial charge in [-0.25, -0.2) is 0 Å². The Hall–Kier alpha value is -0.850. The van der Waals surface area contributed by atoms with E-state index in [0.29, 0.717) is 11.3 Å². The maximum Gasteiger partial charge on any atom is 0.142 e. The molecule has 2 fully saturated rings. The van der Waals surface area contributed by atoms with Crippen LogP contribution in [0, 0.1) is 28.6 Å². The van der Waals surface area contributed by atoms with Gasteiger partial charge in [0.25, 0.3) is 0 Å². The summed E-state index contributed by atoms with van der Waals surface area (Å²) in [6, 6.07) is 0. The molecule has 0 saturated heterocycles. The SMILES string of the molecule is C=CC(C)C(CCCC1CC/C(=C/C=O)C(C)(CCC)C1)C1(C)CC1. The minimum Gasteiger partial charge on any atom is -0.299 e. The van der Waals surface area contributed by atoms with Crippen molar-refractivity contribution in [3.8, 4) is 0 Å². The van der Waals surface area contributed by atoms with E-state index in [1.165, 1.54) is 63.4 Å². The third-order valence-corrected chi connectivity index (χ3v) is 7.48. The Bertz CT molecular complexity index is 484. The van der Waals surface area contributed by atoms with E-state index in [2.05, 4.69) is 40.3 Å². The highest BCUT2D eigenvalue weighted by molar-refractivity contribution is 5.66. The summed E-state index contributed by atoms with van der Waals surface area (Å²) in [6.07, 6.45) is 18.0. The minimum absolute atomic E-state index is 0.259. The van der Waals surface area contributed by atoms with Crippen molar-refractivity contribution >= 4 is 6.29 Å². The lowest BCUT2D eigenvalue weighted by atomic mass is 9.64. The lowest BCUT2D eigenvalue weighted by Crippen LogP contribution is -2.29. The Labute approximate surface area is 156 Å². The minimum atomic E-state index is 0.259. The van der Waals surface area contributed by atoms with E-state index in [4.69, 9.17) is 0 Å². The molecule has 25 heavy (non-hydrogen) atoms. The fraction of sp³-hybridized carbons (Fsp3) is 0.792. The Morgan fingerprint density at radius 3 is 2.60 bits per heavy atom. The molecule has 2 aliphatic rings. The van der Waals surface area contributed by atoms with Crippen LogP contribution in [0.1, 0.15) is 91.9 Å². The van der Waals surface area contributed by atoms with Crippen LogP contribution in [0.5, 0.6) is 0 Å². The molecule has 0 heterocycles. The van der Waals surface area contributed by atoms with Crippen molar-refractivity contribution in [2.24, 2.45) is 28.6 Å². The van der Waals surface area contributed by atoms with Crippen molar-refractivity contribution in [1.82, 2.24) is 0 Å². The molecule has 0 aromatic carbocycles. The summed E-state index contributed by atoms with van der Waals surface area (Å²) in [4.78, 5) is 11.0. The van der Waals surface area contributed by atoms with Crippen LogP contribution < -0.4 is 0 Å². The number of hydrogen-bond donors (Lipinski definition) is 0. The summed E-state index contributed by atoms with van der Waals surface area (Å²) in [5.74, 6) is 2.31. The molecule has 4 atom stereocenters. The van der Waals surface area contributed by atoms with E-state index in [-0.39, 0.29) is 5.41 Å². The van der Waals surface area contributed by atoms with E-state index < -0.39 is 0 Å². The van der Waals surface area contributed by atoms with Gasteiger partial charge in [-0.05, 0) is 79.6 Å². The van der Waals surface area contributed by atoms with Crippen LogP contribution >= 0.6 is 0 Å². The third-order valence-electron chi connectivity index (χ3n) is 7.48. The van der Waals surface area contributed by atoms with E-state index in [9.17, 15) is 4.79 Å². The summed E-state index contributed by atoms with van der Waals surface area (Å²) in [5.41, 5.74) is 2.26. The maximum absolute atomic E-state index is 11.0. The molecule has 0 amide bonds. The first-order chi connectivity index (χ1) is 11.9. The molecule has 1 heteroatoms. The molecule has 0 spiro atoms. The van der Waals surface area contributed by atoms with Crippen molar-refractivity contribution in [1.29, 1.82) is 0 Å². The second-order valence-electron chi connectivity index (χ2n) is 9.53. The fourth-order valence-electron chi connectivity index (χ4n) is 5.56. The summed E-state index contributed by atoms with van der Waals surface area (Å²) in [5, 5.41) is 0. The largest absolute Gasteiger partial charge is 0.299 e. The monoisotopic (exact) mass is 344 g/mol. The number of carbonyl (C=O) groups excluding carboxylic acids is 1. The molecule has 0 bridgehead atoms. The zero-order chi connectivity index (χ0) is 18.5. The van der Waals surface area contributed by atoms with Gasteiger partial charge in [-0.15, -0.1) is 6.58 Å². The fourth-order valence-corrected chi connectivity index (χ4v) is 5.56. The van der Waals surface area contributed by atoms with E-state index >= 15 is 0 Å². The summed E-state index contributed by atoms with van der Waals surface area (Å²) in [7, 11) is 0. The first-order valence-corrected chi connectivity index (χ1v) is 10.7. The number of carbonyl (C=O) groups is 1. The normalized spacial score (nSPS) is 32.2. The molecule has 0 aliphatic heterocycles. The predicted molar refractivity (Wildman–Crippen MR) is 109 cm³/mol. The first-order valence-electron chi connectivity index (χ1n) is 10.7. The molecule has 0 aromatic rings. The Morgan fingerprint density at radius 2 is 2.04 bits per heavy atom. The predicted octanol–water partition coefficient (Wildman–Crippen LogP) is 7.13. The van der Waals surface area contributed by atoms with Crippen molar-refractivity contribution in [2.75, 3.05) is 0 Å². The molecular formula is C24H40O. The van der Waals surface area contributed by atoms with Gasteiger partial charge >= 0.3 is 0 Å². The van der Waals surface area contributed by atoms with E-state index in [0.717, 1.165) is 24.5 Å². The van der Waals surface area contributed by atoms with Gasteiger partial charge in [0, 0.05) is 0 Å². The molecule has 0 N–H and O–H groups in total. The van der Waals surface area contributed by atoms with Crippen LogP contribution in [0.15, 0.2) is 24.3 Å². The second kappa shape index (κ2) is 8.69. The van der Waals surface area contributed by atoms with Crippen LogP contribution in [0.2, 0.25) is 0 Å². The maximum atomic E-state index is 11.0. The van der Waals surface area contributed by atoms with Crippen molar-refractivity contribution in [3.05, 3.63) is 24.3 Å². The topological polar surface area (TPSA) is 17.1 Å². The van der Waals surface area contributed by atoms with Crippen LogP contribution in [-0.4, -0.2) is 6.29 Å². The highest BCUT2D eigenvalue weighted by Crippen LogP contribution is 2.56. The van der Waals surface area contributed by atoms with Crippen molar-refractivity contribution in [3.63, 3.8) is 0 Å². The van der Waals surface area contributed by atoms with Gasteiger partial charge in [-0.2, -0.15) is 0 Å². The lowest BCUT2D eigenvalue weighted by Gasteiger charge is -2.41. The van der Waals surface area contributed by atoms with Crippen LogP contribution in [0.3, 0.4) is 0 Å². The number of rotatable bonds is 10. The third kappa shape index (κ3) is 5.08. The molecule has 4 unspecified atom stereocenters. The highest BCUT2D eigenvalue weighted by atomic mass is 16.1. The van der Waals surface area contributed by atoms with Crippen molar-refractivity contribution in [2.45, 2.75) is 91.9 Å². The zero-order valence-corrected chi connectivity index (χ0v) is 17.2. The summed E-state index contributed by atoms with van der Waals surface area (Å²) in [6.45, 7) is 13.6. The average molecular weight is 345 g/mol. The molecule has 0 radical (unpaired) electrons. The Morgan fingerprint density at radius 1 is 1.32 bits per heavy atom. The molecular weight excluding hydrogens is 304 g/mol. The standard InChI is InChI=1S/C24H40O/c1-6-14-24(5)18-20(11-12-21(24)13-17-25)9-8-10-22(19(3)7-2)23(4)15-16-23/h7,13,17,19-20,22H,2,6,8-12,14-16,18H2,1,3-5H3/b21-13-. The van der Waals surface area contributed by atoms with Gasteiger partial charge in [0.1, 0.15) is 6.29 Å². The zero-order valence-electron chi connectivity index (χ0n) is 17.2. The van der Waals surface area contributed by atoms with Crippen LogP contribution in [0.4, 0.5) is 0 Å². The smallest absolute Gasteiger partial charge is 0.142 e. The molecule has 2 aliphatic carbocycles. The number of hydrogen-bond acceptors (Lipinski definition) is 1. The van der Waals surface area contributed by atoms with Gasteiger partial charge < -0.3 is 0 Å². The van der Waals surface area contributed by atoms with E-state index in [1.807, 2.05) is 6.08 Å². The number of aldehydes is 1. The second-order valence-corrected chi connectivity index (χ2v) is 9.53. The molecule has 2 rings (SSSR count). The molecule has 1 nitrogen and oxygen atoms in total. The van der Waals surface area contributed by atoms with Gasteiger partial charge in [0.2, 0.25) is 0 Å². The molecule has 0 aromatic heterocycles. The average Bonchev–Trinajstić information content (AvgIpc) is 3.32. The highest BCUT2D eigenvalue weighted by Gasteiger charge is 2.45. The first kappa shape index (κ1) is 20.5. The molecule has 2 saturated carbocycles. The Balaban J connectivity index is 1.89. The molecule has 142 valence electrons. The van der Waals surface area contributed by atoms with Gasteiger partial charge in [-0.3, -0.25) is 4.79 Å². The van der Waals surface area contributed by atoms with Crippen LogP contribution in [0.25, 0.3) is 0 Å². The van der Waals surface area contributed by atoms with Gasteiger partial charge in [0.15, 0.2) is 0 Å². The Kier molecular flexibility index (Phi) is 7.11. The summed E-state index contributed by atoms with van der Waals surface area (Å²) >= 11 is 0.